The fourth-order valence-electron chi connectivity index (χ4n) is 3.60. The van der Waals surface area contributed by atoms with Crippen LogP contribution in [-0.4, -0.2) is 33.1 Å². The number of nitrogens with one attached hydrogen (secondary N) is 2. The SMILES string of the molecule is COc1ccc(C[C@H](Cc2ccc3c(c2)OCO3)NC(=O)Nc2ccc(OC)cc2)cc1. The number of benzene rings is 3. The van der Waals surface area contributed by atoms with Gasteiger partial charge >= 0.3 is 6.03 Å². The molecule has 0 spiro atoms. The molecule has 1 atom stereocenters. The fraction of sp³-hybridized carbons (Fsp3) is 0.240. The van der Waals surface area contributed by atoms with Crippen molar-refractivity contribution in [2.24, 2.45) is 0 Å². The van der Waals surface area contributed by atoms with Crippen LogP contribution in [0.4, 0.5) is 10.5 Å². The largest absolute Gasteiger partial charge is 0.497 e. The van der Waals surface area contributed by atoms with Crippen LogP contribution in [0.15, 0.2) is 66.7 Å². The Kier molecular flexibility index (Phi) is 6.65. The van der Waals surface area contributed by atoms with E-state index in [0.717, 1.165) is 34.1 Å². The minimum atomic E-state index is -0.269. The summed E-state index contributed by atoms with van der Waals surface area (Å²) in [6.45, 7) is 0.233. The third-order valence-electron chi connectivity index (χ3n) is 5.24. The number of ether oxygens (including phenoxy) is 4. The van der Waals surface area contributed by atoms with Crippen LogP contribution in [0.2, 0.25) is 0 Å². The molecular weight excluding hydrogens is 408 g/mol. The number of fused-ring (bicyclic) bond motifs is 1. The van der Waals surface area contributed by atoms with Crippen LogP contribution in [-0.2, 0) is 12.8 Å². The molecule has 3 aromatic carbocycles. The van der Waals surface area contributed by atoms with Gasteiger partial charge in [0.15, 0.2) is 11.5 Å². The zero-order valence-corrected chi connectivity index (χ0v) is 18.1. The van der Waals surface area contributed by atoms with Crippen molar-refractivity contribution in [3.63, 3.8) is 0 Å². The predicted octanol–water partition coefficient (Wildman–Crippen LogP) is 4.41. The summed E-state index contributed by atoms with van der Waals surface area (Å²) in [7, 11) is 3.25. The highest BCUT2D eigenvalue weighted by Crippen LogP contribution is 2.33. The van der Waals surface area contributed by atoms with Gasteiger partial charge in [-0.15, -0.1) is 0 Å². The molecule has 7 heteroatoms. The van der Waals surface area contributed by atoms with Gasteiger partial charge in [-0.1, -0.05) is 18.2 Å². The Morgan fingerprint density at radius 1 is 0.844 bits per heavy atom. The molecule has 7 nitrogen and oxygen atoms in total. The van der Waals surface area contributed by atoms with E-state index >= 15 is 0 Å². The molecule has 4 rings (SSSR count). The van der Waals surface area contributed by atoms with E-state index in [1.165, 1.54) is 0 Å². The van der Waals surface area contributed by atoms with Crippen LogP contribution in [0.25, 0.3) is 0 Å². The van der Waals surface area contributed by atoms with Crippen LogP contribution in [0, 0.1) is 0 Å². The van der Waals surface area contributed by atoms with Gasteiger partial charge in [-0.25, -0.2) is 4.79 Å². The van der Waals surface area contributed by atoms with Crippen LogP contribution >= 0.6 is 0 Å². The second-order valence-corrected chi connectivity index (χ2v) is 7.47. The Morgan fingerprint density at radius 2 is 1.44 bits per heavy atom. The van der Waals surface area contributed by atoms with Crippen LogP contribution in [0.3, 0.4) is 0 Å². The Balaban J connectivity index is 1.46. The lowest BCUT2D eigenvalue weighted by molar-refractivity contribution is 0.174. The highest BCUT2D eigenvalue weighted by Gasteiger charge is 2.18. The lowest BCUT2D eigenvalue weighted by Crippen LogP contribution is -2.40. The molecule has 0 saturated heterocycles. The van der Waals surface area contributed by atoms with Gasteiger partial charge in [0, 0.05) is 11.7 Å². The molecule has 166 valence electrons. The number of carbonyl (C=O) groups excluding carboxylic acids is 1. The molecule has 0 aliphatic carbocycles. The van der Waals surface area contributed by atoms with Gasteiger partial charge < -0.3 is 29.6 Å². The van der Waals surface area contributed by atoms with Crippen molar-refractivity contribution >= 4 is 11.7 Å². The van der Waals surface area contributed by atoms with Crippen molar-refractivity contribution in [2.75, 3.05) is 26.3 Å². The lowest BCUT2D eigenvalue weighted by Gasteiger charge is -2.20. The van der Waals surface area contributed by atoms with E-state index in [0.29, 0.717) is 18.5 Å². The molecule has 1 aliphatic heterocycles. The minimum absolute atomic E-state index is 0.137. The minimum Gasteiger partial charge on any atom is -0.497 e. The smallest absolute Gasteiger partial charge is 0.319 e. The number of rotatable bonds is 8. The van der Waals surface area contributed by atoms with Crippen molar-refractivity contribution in [1.82, 2.24) is 5.32 Å². The number of carbonyl (C=O) groups is 1. The molecule has 0 radical (unpaired) electrons. The molecule has 3 aromatic rings. The summed E-state index contributed by atoms with van der Waals surface area (Å²) in [5, 5.41) is 5.99. The topological polar surface area (TPSA) is 78.0 Å². The summed E-state index contributed by atoms with van der Waals surface area (Å²) in [5.74, 6) is 3.00. The molecular formula is C25H26N2O5. The van der Waals surface area contributed by atoms with Crippen molar-refractivity contribution in [3.05, 3.63) is 77.9 Å². The lowest BCUT2D eigenvalue weighted by atomic mass is 9.98. The van der Waals surface area contributed by atoms with Crippen molar-refractivity contribution in [3.8, 4) is 23.0 Å². The van der Waals surface area contributed by atoms with Gasteiger partial charge in [0.2, 0.25) is 6.79 Å². The van der Waals surface area contributed by atoms with E-state index in [1.54, 1.807) is 38.5 Å². The third-order valence-corrected chi connectivity index (χ3v) is 5.24. The number of urea groups is 1. The van der Waals surface area contributed by atoms with Gasteiger partial charge in [0.05, 0.1) is 14.2 Å². The zero-order chi connectivity index (χ0) is 22.3. The summed E-state index contributed by atoms with van der Waals surface area (Å²) in [4.78, 5) is 12.7. The van der Waals surface area contributed by atoms with Crippen molar-refractivity contribution in [2.45, 2.75) is 18.9 Å². The van der Waals surface area contributed by atoms with Gasteiger partial charge in [0.1, 0.15) is 11.5 Å². The Hall–Kier alpha value is -3.87. The number of methoxy groups -OCH3 is 2. The molecule has 1 heterocycles. The highest BCUT2D eigenvalue weighted by molar-refractivity contribution is 5.89. The first kappa shape index (κ1) is 21.4. The quantitative estimate of drug-likeness (QED) is 0.549. The maximum Gasteiger partial charge on any atom is 0.319 e. The average molecular weight is 434 g/mol. The van der Waals surface area contributed by atoms with Gasteiger partial charge in [-0.2, -0.15) is 0 Å². The zero-order valence-electron chi connectivity index (χ0n) is 18.1. The van der Waals surface area contributed by atoms with Gasteiger partial charge in [-0.3, -0.25) is 0 Å². The first-order valence-electron chi connectivity index (χ1n) is 10.4. The van der Waals surface area contributed by atoms with Gasteiger partial charge in [0.25, 0.3) is 0 Å². The maximum atomic E-state index is 12.7. The normalized spacial score (nSPS) is 12.7. The third kappa shape index (κ3) is 5.43. The Bertz CT molecular complexity index is 1050. The highest BCUT2D eigenvalue weighted by atomic mass is 16.7. The molecule has 0 bridgehead atoms. The fourth-order valence-corrected chi connectivity index (χ4v) is 3.60. The molecule has 2 amide bonds. The summed E-state index contributed by atoms with van der Waals surface area (Å²) >= 11 is 0. The number of hydrogen-bond acceptors (Lipinski definition) is 5. The first-order chi connectivity index (χ1) is 15.6. The monoisotopic (exact) mass is 434 g/mol. The van der Waals surface area contributed by atoms with Crippen molar-refractivity contribution in [1.29, 1.82) is 0 Å². The van der Waals surface area contributed by atoms with Crippen molar-refractivity contribution < 1.29 is 23.7 Å². The molecule has 0 unspecified atom stereocenters. The van der Waals surface area contributed by atoms with E-state index in [2.05, 4.69) is 10.6 Å². The second kappa shape index (κ2) is 9.96. The first-order valence-corrected chi connectivity index (χ1v) is 10.4. The van der Waals surface area contributed by atoms with Crippen LogP contribution < -0.4 is 29.6 Å². The summed E-state index contributed by atoms with van der Waals surface area (Å²) in [6.07, 6.45) is 1.30. The Labute approximate surface area is 187 Å². The molecule has 32 heavy (non-hydrogen) atoms. The summed E-state index contributed by atoms with van der Waals surface area (Å²) in [5.41, 5.74) is 2.84. The number of hydrogen-bond donors (Lipinski definition) is 2. The van der Waals surface area contributed by atoms with E-state index in [1.807, 2.05) is 42.5 Å². The second-order valence-electron chi connectivity index (χ2n) is 7.47. The van der Waals surface area contributed by atoms with Gasteiger partial charge in [-0.05, 0) is 72.5 Å². The predicted molar refractivity (Wildman–Crippen MR) is 122 cm³/mol. The number of anilines is 1. The summed E-state index contributed by atoms with van der Waals surface area (Å²) in [6, 6.07) is 20.5. The molecule has 0 aromatic heterocycles. The molecule has 0 saturated carbocycles. The maximum absolute atomic E-state index is 12.7. The van der Waals surface area contributed by atoms with E-state index in [-0.39, 0.29) is 18.9 Å². The standard InChI is InChI=1S/C25H26N2O5/c1-29-21-8-3-17(4-9-21)13-20(14-18-5-12-23-24(15-18)32-16-31-23)27-25(28)26-19-6-10-22(30-2)11-7-19/h3-12,15,20H,13-14,16H2,1-2H3,(H2,26,27,28)/t20-/m1/s1. The average Bonchev–Trinajstić information content (AvgIpc) is 3.28. The molecule has 1 aliphatic rings. The van der Waals surface area contributed by atoms with Crippen LogP contribution in [0.1, 0.15) is 11.1 Å². The number of amides is 2. The molecule has 2 N–H and O–H groups in total. The van der Waals surface area contributed by atoms with E-state index in [4.69, 9.17) is 18.9 Å². The van der Waals surface area contributed by atoms with Crippen LogP contribution in [0.5, 0.6) is 23.0 Å². The molecule has 0 fully saturated rings. The van der Waals surface area contributed by atoms with E-state index in [9.17, 15) is 4.79 Å². The summed E-state index contributed by atoms with van der Waals surface area (Å²) < 4.78 is 21.3. The Morgan fingerprint density at radius 3 is 2.12 bits per heavy atom. The van der Waals surface area contributed by atoms with E-state index < -0.39 is 0 Å².